The van der Waals surface area contributed by atoms with Gasteiger partial charge in [-0.3, -0.25) is 4.79 Å². The van der Waals surface area contributed by atoms with Crippen LogP contribution in [0, 0.1) is 0 Å². The van der Waals surface area contributed by atoms with E-state index < -0.39 is 6.10 Å². The van der Waals surface area contributed by atoms with Crippen LogP contribution in [0.25, 0.3) is 0 Å². The molecule has 0 heterocycles. The van der Waals surface area contributed by atoms with Gasteiger partial charge in [0.2, 0.25) is 0 Å². The van der Waals surface area contributed by atoms with E-state index in [0.29, 0.717) is 6.42 Å². The zero-order valence-corrected chi connectivity index (χ0v) is 8.21. The maximum Gasteiger partial charge on any atom is 0.162 e. The third-order valence-electron chi connectivity index (χ3n) is 2.42. The molecule has 0 amide bonds. The van der Waals surface area contributed by atoms with E-state index in [4.69, 9.17) is 0 Å². The maximum absolute atomic E-state index is 11.3. The quantitative estimate of drug-likeness (QED) is 0.674. The first-order chi connectivity index (χ1) is 6.16. The first-order valence-electron chi connectivity index (χ1n) is 4.72. The van der Waals surface area contributed by atoms with Crippen molar-refractivity contribution in [3.8, 4) is 0 Å². The molecule has 0 spiro atoms. The summed E-state index contributed by atoms with van der Waals surface area (Å²) < 4.78 is 0. The second-order valence-electron chi connectivity index (χ2n) is 3.39. The minimum absolute atomic E-state index is 0.103. The molecule has 0 fully saturated rings. The molecule has 13 heavy (non-hydrogen) atoms. The highest BCUT2D eigenvalue weighted by Gasteiger charge is 2.26. The molecule has 0 saturated heterocycles. The van der Waals surface area contributed by atoms with Gasteiger partial charge in [0.25, 0.3) is 0 Å². The lowest BCUT2D eigenvalue weighted by Crippen LogP contribution is -2.03. The molecular formula is C11H16O2. The van der Waals surface area contributed by atoms with Crippen molar-refractivity contribution in [2.24, 2.45) is 0 Å². The number of aliphatic hydroxyl groups excluding tert-OH is 1. The van der Waals surface area contributed by atoms with E-state index >= 15 is 0 Å². The standard InChI is InChI=1S/C11H16O2/c1-3-4-5-6-9-8(2)10(12)7-11(9)13/h4-5,10,12H,3,6-7H2,1-2H3/b5-4-. The van der Waals surface area contributed by atoms with Gasteiger partial charge in [-0.05, 0) is 25.3 Å². The Hall–Kier alpha value is -0.890. The van der Waals surface area contributed by atoms with Crippen molar-refractivity contribution in [3.05, 3.63) is 23.3 Å². The largest absolute Gasteiger partial charge is 0.388 e. The SMILES string of the molecule is CC/C=C\CC1=C(C)C(O)CC1=O. The monoisotopic (exact) mass is 180 g/mol. The van der Waals surface area contributed by atoms with Gasteiger partial charge in [0.15, 0.2) is 5.78 Å². The van der Waals surface area contributed by atoms with Crippen molar-refractivity contribution in [1.82, 2.24) is 0 Å². The Morgan fingerprint density at radius 1 is 1.54 bits per heavy atom. The summed E-state index contributed by atoms with van der Waals surface area (Å²) in [5.74, 6) is 0.103. The zero-order chi connectivity index (χ0) is 9.84. The van der Waals surface area contributed by atoms with Crippen LogP contribution in [0.2, 0.25) is 0 Å². The van der Waals surface area contributed by atoms with Crippen molar-refractivity contribution in [2.45, 2.75) is 39.2 Å². The van der Waals surface area contributed by atoms with Gasteiger partial charge in [-0.25, -0.2) is 0 Å². The fraction of sp³-hybridized carbons (Fsp3) is 0.545. The average molecular weight is 180 g/mol. The molecule has 1 rings (SSSR count). The normalized spacial score (nSPS) is 23.6. The van der Waals surface area contributed by atoms with Crippen LogP contribution in [0.5, 0.6) is 0 Å². The molecule has 1 aliphatic carbocycles. The predicted octanol–water partition coefficient (Wildman–Crippen LogP) is 1.99. The first-order valence-corrected chi connectivity index (χ1v) is 4.72. The Bertz CT molecular complexity index is 261. The van der Waals surface area contributed by atoms with Crippen LogP contribution in [0.15, 0.2) is 23.3 Å². The third kappa shape index (κ3) is 2.28. The van der Waals surface area contributed by atoms with Crippen LogP contribution >= 0.6 is 0 Å². The van der Waals surface area contributed by atoms with Crippen LogP contribution < -0.4 is 0 Å². The number of Topliss-reactive ketones (excluding diaryl/α,β-unsaturated/α-hetero) is 1. The van der Waals surface area contributed by atoms with E-state index in [1.54, 1.807) is 0 Å². The third-order valence-corrected chi connectivity index (χ3v) is 2.42. The lowest BCUT2D eigenvalue weighted by atomic mass is 10.1. The lowest BCUT2D eigenvalue weighted by molar-refractivity contribution is -0.115. The van der Waals surface area contributed by atoms with E-state index in [2.05, 4.69) is 6.92 Å². The van der Waals surface area contributed by atoms with Crippen molar-refractivity contribution in [1.29, 1.82) is 0 Å². The van der Waals surface area contributed by atoms with Gasteiger partial charge < -0.3 is 5.11 Å². The summed E-state index contributed by atoms with van der Waals surface area (Å²) in [6.45, 7) is 3.90. The predicted molar refractivity (Wildman–Crippen MR) is 52.4 cm³/mol. The Balaban J connectivity index is 2.66. The van der Waals surface area contributed by atoms with E-state index in [-0.39, 0.29) is 12.2 Å². The van der Waals surface area contributed by atoms with Crippen molar-refractivity contribution in [3.63, 3.8) is 0 Å². The van der Waals surface area contributed by atoms with Crippen molar-refractivity contribution < 1.29 is 9.90 Å². The van der Waals surface area contributed by atoms with Gasteiger partial charge in [0, 0.05) is 12.0 Å². The minimum Gasteiger partial charge on any atom is -0.388 e. The van der Waals surface area contributed by atoms with Crippen LogP contribution in [0.4, 0.5) is 0 Å². The number of rotatable bonds is 3. The fourth-order valence-electron chi connectivity index (χ4n) is 1.52. The molecule has 0 aliphatic heterocycles. The van der Waals surface area contributed by atoms with E-state index in [9.17, 15) is 9.90 Å². The average Bonchev–Trinajstić information content (AvgIpc) is 2.32. The summed E-state index contributed by atoms with van der Waals surface area (Å²) in [5.41, 5.74) is 1.66. The van der Waals surface area contributed by atoms with Crippen molar-refractivity contribution >= 4 is 5.78 Å². The minimum atomic E-state index is -0.530. The summed E-state index contributed by atoms with van der Waals surface area (Å²) in [6, 6.07) is 0. The second-order valence-corrected chi connectivity index (χ2v) is 3.39. The van der Waals surface area contributed by atoms with Gasteiger partial charge in [-0.15, -0.1) is 0 Å². The molecule has 2 heteroatoms. The summed E-state index contributed by atoms with van der Waals surface area (Å²) in [5, 5.41) is 9.39. The molecule has 0 aromatic carbocycles. The van der Waals surface area contributed by atoms with Gasteiger partial charge in [-0.2, -0.15) is 0 Å². The number of allylic oxidation sites excluding steroid dienone is 3. The Kier molecular flexibility index (Phi) is 3.43. The highest BCUT2D eigenvalue weighted by atomic mass is 16.3. The van der Waals surface area contributed by atoms with Gasteiger partial charge in [0.1, 0.15) is 0 Å². The molecule has 0 saturated carbocycles. The Morgan fingerprint density at radius 3 is 2.69 bits per heavy atom. The maximum atomic E-state index is 11.3. The zero-order valence-electron chi connectivity index (χ0n) is 8.21. The molecule has 0 aromatic rings. The van der Waals surface area contributed by atoms with Gasteiger partial charge in [-0.1, -0.05) is 19.1 Å². The number of carbonyl (C=O) groups is 1. The van der Waals surface area contributed by atoms with Crippen molar-refractivity contribution in [2.75, 3.05) is 0 Å². The lowest BCUT2D eigenvalue weighted by Gasteiger charge is -2.00. The van der Waals surface area contributed by atoms with Crippen LogP contribution in [0.1, 0.15) is 33.1 Å². The van der Waals surface area contributed by atoms with E-state index in [1.165, 1.54) is 0 Å². The molecule has 0 bridgehead atoms. The molecule has 0 radical (unpaired) electrons. The second kappa shape index (κ2) is 4.38. The number of ketones is 1. The number of carbonyl (C=O) groups excluding carboxylic acids is 1. The van der Waals surface area contributed by atoms with E-state index in [1.807, 2.05) is 19.1 Å². The van der Waals surface area contributed by atoms with Crippen LogP contribution in [-0.2, 0) is 4.79 Å². The Morgan fingerprint density at radius 2 is 2.23 bits per heavy atom. The Labute approximate surface area is 79.0 Å². The van der Waals surface area contributed by atoms with Gasteiger partial charge >= 0.3 is 0 Å². The fourth-order valence-corrected chi connectivity index (χ4v) is 1.52. The number of hydrogen-bond donors (Lipinski definition) is 1. The molecule has 1 aliphatic rings. The van der Waals surface area contributed by atoms with Crippen LogP contribution in [-0.4, -0.2) is 17.0 Å². The smallest absolute Gasteiger partial charge is 0.162 e. The molecular weight excluding hydrogens is 164 g/mol. The number of hydrogen-bond acceptors (Lipinski definition) is 2. The molecule has 72 valence electrons. The first kappa shape index (κ1) is 10.2. The van der Waals surface area contributed by atoms with Crippen LogP contribution in [0.3, 0.4) is 0 Å². The van der Waals surface area contributed by atoms with Gasteiger partial charge in [0.05, 0.1) is 6.10 Å². The summed E-state index contributed by atoms with van der Waals surface area (Å²) in [4.78, 5) is 11.3. The summed E-state index contributed by atoms with van der Waals surface area (Å²) >= 11 is 0. The highest BCUT2D eigenvalue weighted by molar-refractivity contribution is 5.99. The molecule has 1 unspecified atom stereocenters. The van der Waals surface area contributed by atoms with E-state index in [0.717, 1.165) is 17.6 Å². The summed E-state index contributed by atoms with van der Waals surface area (Å²) in [6.07, 6.45) is 5.45. The molecule has 1 N–H and O–H groups in total. The topological polar surface area (TPSA) is 37.3 Å². The molecule has 0 aromatic heterocycles. The number of aliphatic hydroxyl groups is 1. The molecule has 2 nitrogen and oxygen atoms in total. The summed E-state index contributed by atoms with van der Waals surface area (Å²) in [7, 11) is 0. The molecule has 1 atom stereocenters. The highest BCUT2D eigenvalue weighted by Crippen LogP contribution is 2.25.